The van der Waals surface area contributed by atoms with Crippen LogP contribution in [0, 0.1) is 6.92 Å². The molecular formula is C13H11NO2S2. The summed E-state index contributed by atoms with van der Waals surface area (Å²) < 4.78 is 7.84. The maximum absolute atomic E-state index is 11.0. The van der Waals surface area contributed by atoms with E-state index in [1.807, 2.05) is 24.4 Å². The molecule has 0 aliphatic heterocycles. The Morgan fingerprint density at radius 2 is 2.33 bits per heavy atom. The van der Waals surface area contributed by atoms with Crippen molar-refractivity contribution < 1.29 is 9.53 Å². The van der Waals surface area contributed by atoms with Gasteiger partial charge in [-0.3, -0.25) is 4.79 Å². The lowest BCUT2D eigenvalue weighted by Gasteiger charge is -2.05. The minimum Gasteiger partial charge on any atom is -0.485 e. The fourth-order valence-corrected chi connectivity index (χ4v) is 3.72. The van der Waals surface area contributed by atoms with Gasteiger partial charge in [-0.1, -0.05) is 0 Å². The standard InChI is InChI=1S/C13H11NO2S2/c1-7(15)6-16-10-5-11-12(14-8(2)18-11)13-9(10)3-4-17-13/h3-5H,6H2,1-2H3. The van der Waals surface area contributed by atoms with Crippen LogP contribution in [0.1, 0.15) is 11.9 Å². The first kappa shape index (κ1) is 11.6. The van der Waals surface area contributed by atoms with Gasteiger partial charge in [0.25, 0.3) is 0 Å². The number of nitrogens with zero attached hydrogens (tertiary/aromatic N) is 1. The van der Waals surface area contributed by atoms with Crippen LogP contribution in [-0.2, 0) is 4.79 Å². The second-order valence-corrected chi connectivity index (χ2v) is 6.26. The molecule has 0 fully saturated rings. The summed E-state index contributed by atoms with van der Waals surface area (Å²) in [5, 5.41) is 4.11. The molecule has 3 nitrogen and oxygen atoms in total. The average molecular weight is 277 g/mol. The average Bonchev–Trinajstić information content (AvgIpc) is 2.90. The number of ketones is 1. The summed E-state index contributed by atoms with van der Waals surface area (Å²) in [6, 6.07) is 4.00. The van der Waals surface area contributed by atoms with Gasteiger partial charge in [0.05, 0.1) is 19.9 Å². The summed E-state index contributed by atoms with van der Waals surface area (Å²) in [6.45, 7) is 3.65. The van der Waals surface area contributed by atoms with E-state index in [1.165, 1.54) is 6.92 Å². The number of aromatic nitrogens is 1. The number of benzene rings is 1. The van der Waals surface area contributed by atoms with Crippen LogP contribution in [0.15, 0.2) is 17.5 Å². The van der Waals surface area contributed by atoms with Crippen LogP contribution in [0.2, 0.25) is 0 Å². The van der Waals surface area contributed by atoms with Crippen LogP contribution < -0.4 is 4.74 Å². The first-order chi connectivity index (χ1) is 8.65. The van der Waals surface area contributed by atoms with Gasteiger partial charge in [-0.15, -0.1) is 22.7 Å². The molecule has 3 rings (SSSR count). The molecule has 92 valence electrons. The van der Waals surface area contributed by atoms with Gasteiger partial charge in [0.15, 0.2) is 5.78 Å². The maximum atomic E-state index is 11.0. The van der Waals surface area contributed by atoms with Gasteiger partial charge in [-0.05, 0) is 25.3 Å². The first-order valence-corrected chi connectivity index (χ1v) is 7.24. The second kappa shape index (κ2) is 4.33. The molecule has 2 aromatic heterocycles. The van der Waals surface area contributed by atoms with Gasteiger partial charge in [0.2, 0.25) is 0 Å². The Labute approximate surface area is 112 Å². The number of thiazole rings is 1. The molecule has 0 aliphatic carbocycles. The number of Topliss-reactive ketones (excluding diaryl/α,β-unsaturated/α-hetero) is 1. The molecule has 0 N–H and O–H groups in total. The van der Waals surface area contributed by atoms with E-state index < -0.39 is 0 Å². The quantitative estimate of drug-likeness (QED) is 0.731. The molecule has 5 heteroatoms. The highest BCUT2D eigenvalue weighted by atomic mass is 32.1. The van der Waals surface area contributed by atoms with Crippen molar-refractivity contribution in [2.45, 2.75) is 13.8 Å². The minimum atomic E-state index is 0.0268. The number of rotatable bonds is 3. The van der Waals surface area contributed by atoms with Crippen molar-refractivity contribution in [2.75, 3.05) is 6.61 Å². The number of hydrogen-bond acceptors (Lipinski definition) is 5. The molecule has 3 aromatic rings. The third kappa shape index (κ3) is 1.89. The number of carbonyl (C=O) groups is 1. The van der Waals surface area contributed by atoms with Crippen LogP contribution in [-0.4, -0.2) is 17.4 Å². The van der Waals surface area contributed by atoms with Gasteiger partial charge >= 0.3 is 0 Å². The van der Waals surface area contributed by atoms with E-state index in [-0.39, 0.29) is 12.4 Å². The lowest BCUT2D eigenvalue weighted by atomic mass is 10.2. The van der Waals surface area contributed by atoms with Crippen LogP contribution >= 0.6 is 22.7 Å². The summed E-state index contributed by atoms with van der Waals surface area (Å²) in [5.41, 5.74) is 1.04. The Kier molecular flexibility index (Phi) is 2.80. The number of ether oxygens (including phenoxy) is 1. The Balaban J connectivity index is 2.21. The Morgan fingerprint density at radius 1 is 1.50 bits per heavy atom. The number of carbonyl (C=O) groups excluding carboxylic acids is 1. The fourth-order valence-electron chi connectivity index (χ4n) is 1.89. The van der Waals surface area contributed by atoms with Crippen molar-refractivity contribution in [3.8, 4) is 5.75 Å². The number of thiophene rings is 1. The first-order valence-electron chi connectivity index (χ1n) is 5.55. The van der Waals surface area contributed by atoms with Crippen LogP contribution in [0.3, 0.4) is 0 Å². The normalized spacial score (nSPS) is 11.2. The second-order valence-electron chi connectivity index (χ2n) is 4.11. The van der Waals surface area contributed by atoms with E-state index in [9.17, 15) is 4.79 Å². The van der Waals surface area contributed by atoms with Crippen molar-refractivity contribution in [3.05, 3.63) is 22.5 Å². The van der Waals surface area contributed by atoms with Crippen molar-refractivity contribution in [1.82, 2.24) is 4.98 Å². The van der Waals surface area contributed by atoms with Gasteiger partial charge in [-0.2, -0.15) is 0 Å². The predicted molar refractivity (Wildman–Crippen MR) is 75.9 cm³/mol. The van der Waals surface area contributed by atoms with Crippen molar-refractivity contribution in [2.24, 2.45) is 0 Å². The molecule has 0 radical (unpaired) electrons. The predicted octanol–water partition coefficient (Wildman–Crippen LogP) is 3.79. The SMILES string of the molecule is CC(=O)COc1cc2sc(C)nc2c2sccc12. The molecule has 0 saturated carbocycles. The minimum absolute atomic E-state index is 0.0268. The fraction of sp³-hybridized carbons (Fsp3) is 0.231. The number of hydrogen-bond donors (Lipinski definition) is 0. The van der Waals surface area contributed by atoms with Gasteiger partial charge in [0, 0.05) is 11.5 Å². The maximum Gasteiger partial charge on any atom is 0.167 e. The Hall–Kier alpha value is -1.46. The molecule has 0 unspecified atom stereocenters. The topological polar surface area (TPSA) is 39.2 Å². The highest BCUT2D eigenvalue weighted by Gasteiger charge is 2.12. The van der Waals surface area contributed by atoms with Crippen molar-refractivity contribution in [1.29, 1.82) is 0 Å². The zero-order chi connectivity index (χ0) is 12.7. The molecule has 0 spiro atoms. The van der Waals surface area contributed by atoms with Crippen LogP contribution in [0.25, 0.3) is 20.3 Å². The van der Waals surface area contributed by atoms with Gasteiger partial charge < -0.3 is 4.74 Å². The lowest BCUT2D eigenvalue weighted by molar-refractivity contribution is -0.118. The Morgan fingerprint density at radius 3 is 3.11 bits per heavy atom. The highest BCUT2D eigenvalue weighted by molar-refractivity contribution is 7.21. The van der Waals surface area contributed by atoms with E-state index in [0.717, 1.165) is 31.1 Å². The van der Waals surface area contributed by atoms with E-state index in [0.29, 0.717) is 0 Å². The van der Waals surface area contributed by atoms with E-state index in [2.05, 4.69) is 4.98 Å². The summed E-state index contributed by atoms with van der Waals surface area (Å²) in [6.07, 6.45) is 0. The molecule has 2 heterocycles. The molecule has 18 heavy (non-hydrogen) atoms. The molecule has 0 amide bonds. The largest absolute Gasteiger partial charge is 0.485 e. The van der Waals surface area contributed by atoms with Crippen molar-refractivity contribution >= 4 is 48.8 Å². The zero-order valence-corrected chi connectivity index (χ0v) is 11.7. The van der Waals surface area contributed by atoms with Gasteiger partial charge in [0.1, 0.15) is 12.4 Å². The molecule has 0 atom stereocenters. The molecule has 1 aromatic carbocycles. The third-order valence-corrected chi connectivity index (χ3v) is 4.44. The van der Waals surface area contributed by atoms with Gasteiger partial charge in [-0.25, -0.2) is 4.98 Å². The molecule has 0 bridgehead atoms. The van der Waals surface area contributed by atoms with Crippen LogP contribution in [0.4, 0.5) is 0 Å². The molecular weight excluding hydrogens is 266 g/mol. The number of aryl methyl sites for hydroxylation is 1. The third-order valence-electron chi connectivity index (χ3n) is 2.60. The van der Waals surface area contributed by atoms with E-state index in [1.54, 1.807) is 22.7 Å². The smallest absolute Gasteiger partial charge is 0.167 e. The molecule has 0 saturated heterocycles. The number of fused-ring (bicyclic) bond motifs is 3. The lowest BCUT2D eigenvalue weighted by Crippen LogP contribution is -2.06. The zero-order valence-electron chi connectivity index (χ0n) is 10.0. The monoisotopic (exact) mass is 277 g/mol. The summed E-state index contributed by atoms with van der Waals surface area (Å²) in [4.78, 5) is 15.6. The van der Waals surface area contributed by atoms with Crippen LogP contribution in [0.5, 0.6) is 5.75 Å². The van der Waals surface area contributed by atoms with E-state index >= 15 is 0 Å². The van der Waals surface area contributed by atoms with Crippen molar-refractivity contribution in [3.63, 3.8) is 0 Å². The highest BCUT2D eigenvalue weighted by Crippen LogP contribution is 2.38. The summed E-state index contributed by atoms with van der Waals surface area (Å²) >= 11 is 3.31. The summed E-state index contributed by atoms with van der Waals surface area (Å²) in [7, 11) is 0. The Bertz CT molecular complexity index is 742. The summed E-state index contributed by atoms with van der Waals surface area (Å²) in [5.74, 6) is 0.802. The molecule has 0 aliphatic rings. The van der Waals surface area contributed by atoms with E-state index in [4.69, 9.17) is 4.74 Å².